The van der Waals surface area contributed by atoms with E-state index in [4.69, 9.17) is 11.6 Å². The highest BCUT2D eigenvalue weighted by Crippen LogP contribution is 2.32. The summed E-state index contributed by atoms with van der Waals surface area (Å²) < 4.78 is 1.73. The molecule has 0 saturated carbocycles. The van der Waals surface area contributed by atoms with Crippen molar-refractivity contribution in [2.75, 3.05) is 0 Å². The molecule has 6 heteroatoms. The third kappa shape index (κ3) is 3.01. The summed E-state index contributed by atoms with van der Waals surface area (Å²) in [6.45, 7) is 4.72. The average molecular weight is 331 g/mol. The molecule has 0 spiro atoms. The van der Waals surface area contributed by atoms with Crippen molar-refractivity contribution < 1.29 is 0 Å². The number of pyridine rings is 2. The molecule has 3 heterocycles. The lowest BCUT2D eigenvalue weighted by Crippen LogP contribution is -2.17. The quantitative estimate of drug-likeness (QED) is 0.721. The fourth-order valence-electron chi connectivity index (χ4n) is 2.76. The summed E-state index contributed by atoms with van der Waals surface area (Å²) in [5, 5.41) is 0.499. The van der Waals surface area contributed by atoms with Gasteiger partial charge in [-0.1, -0.05) is 37.4 Å². The van der Waals surface area contributed by atoms with E-state index in [9.17, 15) is 4.79 Å². The van der Waals surface area contributed by atoms with Crippen molar-refractivity contribution in [1.29, 1.82) is 0 Å². The van der Waals surface area contributed by atoms with Crippen LogP contribution in [0, 0.1) is 6.92 Å². The van der Waals surface area contributed by atoms with Gasteiger partial charge in [0.15, 0.2) is 5.65 Å². The van der Waals surface area contributed by atoms with Gasteiger partial charge in [0.2, 0.25) is 0 Å². The van der Waals surface area contributed by atoms with E-state index in [-0.39, 0.29) is 5.69 Å². The summed E-state index contributed by atoms with van der Waals surface area (Å²) in [5.74, 6) is 0. The summed E-state index contributed by atoms with van der Waals surface area (Å²) in [4.78, 5) is 23.9. The minimum absolute atomic E-state index is 0.153. The lowest BCUT2D eigenvalue weighted by molar-refractivity contribution is 0.601. The van der Waals surface area contributed by atoms with Crippen LogP contribution in [-0.2, 0) is 6.54 Å². The third-order valence-electron chi connectivity index (χ3n) is 3.88. The molecule has 5 nitrogen and oxygen atoms in total. The second-order valence-electron chi connectivity index (χ2n) is 5.63. The Morgan fingerprint density at radius 2 is 2.13 bits per heavy atom. The Morgan fingerprint density at radius 1 is 1.30 bits per heavy atom. The van der Waals surface area contributed by atoms with Gasteiger partial charge in [-0.3, -0.25) is 14.5 Å². The minimum Gasteiger partial charge on any atom is -0.290 e. The highest BCUT2D eigenvalue weighted by molar-refractivity contribution is 6.34. The molecule has 0 aliphatic carbocycles. The molecular weight excluding hydrogens is 312 g/mol. The minimum atomic E-state index is -0.153. The molecule has 23 heavy (non-hydrogen) atoms. The summed E-state index contributed by atoms with van der Waals surface area (Å²) in [7, 11) is 0. The van der Waals surface area contributed by atoms with Crippen LogP contribution in [0.5, 0.6) is 0 Å². The number of hydrogen-bond donors (Lipinski definition) is 1. The van der Waals surface area contributed by atoms with E-state index >= 15 is 0 Å². The van der Waals surface area contributed by atoms with E-state index in [1.54, 1.807) is 10.8 Å². The molecule has 0 aromatic carbocycles. The van der Waals surface area contributed by atoms with Crippen molar-refractivity contribution in [3.63, 3.8) is 0 Å². The molecule has 0 radical (unpaired) electrons. The number of aryl methyl sites for hydroxylation is 2. The van der Waals surface area contributed by atoms with Crippen LogP contribution in [0.1, 0.15) is 31.9 Å². The maximum atomic E-state index is 12.3. The van der Waals surface area contributed by atoms with E-state index < -0.39 is 0 Å². The van der Waals surface area contributed by atoms with Crippen molar-refractivity contribution in [2.45, 2.75) is 39.7 Å². The number of imidazole rings is 1. The molecule has 1 N–H and O–H groups in total. The summed E-state index contributed by atoms with van der Waals surface area (Å²) in [6, 6.07) is 5.77. The Labute approximate surface area is 139 Å². The van der Waals surface area contributed by atoms with Gasteiger partial charge in [-0.2, -0.15) is 0 Å². The molecule has 0 aliphatic rings. The van der Waals surface area contributed by atoms with Crippen molar-refractivity contribution >= 4 is 22.8 Å². The number of aromatic nitrogens is 4. The van der Waals surface area contributed by atoms with Crippen LogP contribution in [0.15, 0.2) is 29.2 Å². The monoisotopic (exact) mass is 330 g/mol. The van der Waals surface area contributed by atoms with Gasteiger partial charge in [-0.05, 0) is 25.5 Å². The van der Waals surface area contributed by atoms with E-state index in [0.717, 1.165) is 41.7 Å². The van der Waals surface area contributed by atoms with Gasteiger partial charge in [0, 0.05) is 24.0 Å². The van der Waals surface area contributed by atoms with E-state index in [0.29, 0.717) is 17.2 Å². The van der Waals surface area contributed by atoms with Gasteiger partial charge >= 0.3 is 5.69 Å². The van der Waals surface area contributed by atoms with Crippen LogP contribution in [-0.4, -0.2) is 19.5 Å². The van der Waals surface area contributed by atoms with Crippen LogP contribution < -0.4 is 5.69 Å². The van der Waals surface area contributed by atoms with Crippen LogP contribution in [0.3, 0.4) is 0 Å². The molecule has 0 unspecified atom stereocenters. The van der Waals surface area contributed by atoms with Crippen molar-refractivity contribution in [3.05, 3.63) is 45.6 Å². The maximum Gasteiger partial charge on any atom is 0.327 e. The molecular formula is C17H19ClN4O. The van der Waals surface area contributed by atoms with Gasteiger partial charge in [0.25, 0.3) is 0 Å². The number of halogens is 1. The topological polar surface area (TPSA) is 63.6 Å². The number of hydrogen-bond acceptors (Lipinski definition) is 3. The highest BCUT2D eigenvalue weighted by atomic mass is 35.5. The number of H-pyrrole nitrogens is 1. The first kappa shape index (κ1) is 15.7. The Hall–Kier alpha value is -2.14. The second-order valence-corrected chi connectivity index (χ2v) is 6.04. The number of aromatic amines is 1. The standard InChI is InChI=1S/C17H19ClN4O/c1-3-4-5-9-22-15-14(13-8-6-7-11(2)20-13)12(18)10-19-16(15)21-17(22)23/h6-8,10H,3-5,9H2,1-2H3,(H,19,21,23). The number of nitrogens with one attached hydrogen (secondary N) is 1. The van der Waals surface area contributed by atoms with Crippen molar-refractivity contribution in [1.82, 2.24) is 19.5 Å². The van der Waals surface area contributed by atoms with Crippen molar-refractivity contribution in [3.8, 4) is 11.3 Å². The zero-order valence-corrected chi connectivity index (χ0v) is 14.0. The van der Waals surface area contributed by atoms with E-state index in [1.165, 1.54) is 0 Å². The number of unbranched alkanes of at least 4 members (excludes halogenated alkanes) is 2. The SMILES string of the molecule is CCCCCn1c(=O)[nH]c2ncc(Cl)c(-c3cccc(C)n3)c21. The molecule has 0 aliphatic heterocycles. The molecule has 0 saturated heterocycles. The molecule has 0 atom stereocenters. The van der Waals surface area contributed by atoms with Gasteiger partial charge in [0.05, 0.1) is 16.2 Å². The second kappa shape index (κ2) is 6.54. The first-order valence-electron chi connectivity index (χ1n) is 7.83. The van der Waals surface area contributed by atoms with Gasteiger partial charge in [0.1, 0.15) is 0 Å². The lowest BCUT2D eigenvalue weighted by Gasteiger charge is -2.09. The predicted molar refractivity (Wildman–Crippen MR) is 92.9 cm³/mol. The van der Waals surface area contributed by atoms with Crippen LogP contribution in [0.4, 0.5) is 0 Å². The molecule has 0 bridgehead atoms. The molecule has 0 fully saturated rings. The lowest BCUT2D eigenvalue weighted by atomic mass is 10.1. The molecule has 120 valence electrons. The Morgan fingerprint density at radius 3 is 2.87 bits per heavy atom. The van der Waals surface area contributed by atoms with Crippen LogP contribution in [0.25, 0.3) is 22.4 Å². The highest BCUT2D eigenvalue weighted by Gasteiger charge is 2.17. The zero-order valence-electron chi connectivity index (χ0n) is 13.3. The normalized spacial score (nSPS) is 11.3. The zero-order chi connectivity index (χ0) is 16.4. The van der Waals surface area contributed by atoms with Crippen LogP contribution in [0.2, 0.25) is 5.02 Å². The molecule has 0 amide bonds. The Kier molecular flexibility index (Phi) is 4.48. The largest absolute Gasteiger partial charge is 0.327 e. The smallest absolute Gasteiger partial charge is 0.290 e. The fraction of sp³-hybridized carbons (Fsp3) is 0.353. The number of nitrogens with zero attached hydrogens (tertiary/aromatic N) is 3. The first-order chi connectivity index (χ1) is 11.1. The maximum absolute atomic E-state index is 12.3. The summed E-state index contributed by atoms with van der Waals surface area (Å²) >= 11 is 6.40. The van der Waals surface area contributed by atoms with Gasteiger partial charge in [-0.25, -0.2) is 9.78 Å². The van der Waals surface area contributed by atoms with Crippen LogP contribution >= 0.6 is 11.6 Å². The molecule has 3 aromatic rings. The average Bonchev–Trinajstić information content (AvgIpc) is 2.84. The van der Waals surface area contributed by atoms with E-state index in [1.807, 2.05) is 25.1 Å². The Balaban J connectivity index is 2.23. The van der Waals surface area contributed by atoms with Gasteiger partial charge in [-0.15, -0.1) is 0 Å². The summed E-state index contributed by atoms with van der Waals surface area (Å²) in [6.07, 6.45) is 4.68. The van der Waals surface area contributed by atoms with Gasteiger partial charge < -0.3 is 0 Å². The Bertz CT molecular complexity index is 897. The first-order valence-corrected chi connectivity index (χ1v) is 8.20. The molecule has 3 rings (SSSR count). The molecule has 3 aromatic heterocycles. The summed E-state index contributed by atoms with van der Waals surface area (Å²) in [5.41, 5.74) is 3.55. The third-order valence-corrected chi connectivity index (χ3v) is 4.16. The van der Waals surface area contributed by atoms with E-state index in [2.05, 4.69) is 21.9 Å². The van der Waals surface area contributed by atoms with Crippen molar-refractivity contribution in [2.24, 2.45) is 0 Å². The number of rotatable bonds is 5. The number of fused-ring (bicyclic) bond motifs is 1. The predicted octanol–water partition coefficient (Wildman–Crippen LogP) is 3.94. The fourth-order valence-corrected chi connectivity index (χ4v) is 3.00.